The Balaban J connectivity index is 1.92. The fraction of sp³-hybridized carbons (Fsp3) is 0.267. The molecule has 1 aromatic heterocycles. The summed E-state index contributed by atoms with van der Waals surface area (Å²) in [5, 5.41) is 0. The first-order valence-corrected chi connectivity index (χ1v) is 6.69. The number of hydrogen-bond acceptors (Lipinski definition) is 5. The quantitative estimate of drug-likeness (QED) is 0.814. The van der Waals surface area contributed by atoms with Crippen molar-refractivity contribution in [2.45, 2.75) is 19.6 Å². The van der Waals surface area contributed by atoms with Gasteiger partial charge in [0.2, 0.25) is 0 Å². The summed E-state index contributed by atoms with van der Waals surface area (Å²) in [6.45, 7) is 1.95. The molecule has 7 heteroatoms. The standard InChI is InChI=1S/C15H17N3O4/c1-11(22-9-12-6-4-3-5-7-12)14(19)17-18-10-16-8-13(18)15(20)21-2/h3-8,10-11H,9H2,1-2H3,(H,17,19). The SMILES string of the molecule is COC(=O)c1cncn1NC(=O)C(C)OCc1ccccc1. The maximum atomic E-state index is 12.1. The van der Waals surface area contributed by atoms with E-state index < -0.39 is 12.1 Å². The zero-order chi connectivity index (χ0) is 15.9. The van der Waals surface area contributed by atoms with Gasteiger partial charge in [-0.15, -0.1) is 0 Å². The average Bonchev–Trinajstić information content (AvgIpc) is 3.00. The first kappa shape index (κ1) is 15.7. The first-order chi connectivity index (χ1) is 10.6. The molecule has 1 heterocycles. The molecule has 0 aliphatic rings. The maximum absolute atomic E-state index is 12.1. The molecule has 1 amide bonds. The van der Waals surface area contributed by atoms with Crippen molar-refractivity contribution >= 4 is 11.9 Å². The number of nitrogens with zero attached hydrogens (tertiary/aromatic N) is 2. The third-order valence-electron chi connectivity index (χ3n) is 2.98. The van der Waals surface area contributed by atoms with E-state index in [1.807, 2.05) is 30.3 Å². The number of aromatic nitrogens is 2. The van der Waals surface area contributed by atoms with Gasteiger partial charge in [0.25, 0.3) is 5.91 Å². The minimum absolute atomic E-state index is 0.131. The van der Waals surface area contributed by atoms with Gasteiger partial charge in [0.15, 0.2) is 5.69 Å². The molecule has 116 valence electrons. The van der Waals surface area contributed by atoms with Crippen molar-refractivity contribution in [1.82, 2.24) is 9.66 Å². The van der Waals surface area contributed by atoms with E-state index in [1.165, 1.54) is 24.3 Å². The summed E-state index contributed by atoms with van der Waals surface area (Å²) in [7, 11) is 1.26. The second kappa shape index (κ2) is 7.37. The molecule has 0 spiro atoms. The van der Waals surface area contributed by atoms with Gasteiger partial charge in [0.05, 0.1) is 19.9 Å². The van der Waals surface area contributed by atoms with E-state index in [-0.39, 0.29) is 11.6 Å². The van der Waals surface area contributed by atoms with Crippen molar-refractivity contribution in [3.05, 3.63) is 54.1 Å². The van der Waals surface area contributed by atoms with Gasteiger partial charge in [-0.1, -0.05) is 30.3 Å². The normalized spacial score (nSPS) is 11.7. The zero-order valence-corrected chi connectivity index (χ0v) is 12.4. The summed E-state index contributed by atoms with van der Waals surface area (Å²) in [4.78, 5) is 27.4. The van der Waals surface area contributed by atoms with Crippen LogP contribution in [0.3, 0.4) is 0 Å². The van der Waals surface area contributed by atoms with Gasteiger partial charge in [0.1, 0.15) is 12.4 Å². The molecule has 0 aliphatic heterocycles. The van der Waals surface area contributed by atoms with E-state index in [2.05, 4.69) is 15.1 Å². The van der Waals surface area contributed by atoms with Gasteiger partial charge < -0.3 is 9.47 Å². The van der Waals surface area contributed by atoms with Crippen molar-refractivity contribution in [3.63, 3.8) is 0 Å². The van der Waals surface area contributed by atoms with Gasteiger partial charge in [-0.3, -0.25) is 10.2 Å². The van der Waals surface area contributed by atoms with Gasteiger partial charge in [-0.2, -0.15) is 0 Å². The number of imidazole rings is 1. The van der Waals surface area contributed by atoms with Crippen molar-refractivity contribution in [2.24, 2.45) is 0 Å². The molecule has 1 N–H and O–H groups in total. The topological polar surface area (TPSA) is 82.5 Å². The predicted molar refractivity (Wildman–Crippen MR) is 78.6 cm³/mol. The van der Waals surface area contributed by atoms with Gasteiger partial charge in [0, 0.05) is 0 Å². The Bertz CT molecular complexity index is 639. The lowest BCUT2D eigenvalue weighted by Gasteiger charge is -2.14. The number of methoxy groups -OCH3 is 1. The molecule has 7 nitrogen and oxygen atoms in total. The fourth-order valence-corrected chi connectivity index (χ4v) is 1.72. The second-order valence-electron chi connectivity index (χ2n) is 4.56. The molecule has 0 bridgehead atoms. The predicted octanol–water partition coefficient (Wildman–Crippen LogP) is 1.35. The molecule has 2 rings (SSSR count). The van der Waals surface area contributed by atoms with Gasteiger partial charge >= 0.3 is 5.97 Å². The second-order valence-corrected chi connectivity index (χ2v) is 4.56. The Hall–Kier alpha value is -2.67. The zero-order valence-electron chi connectivity index (χ0n) is 12.4. The van der Waals surface area contributed by atoms with Gasteiger partial charge in [-0.25, -0.2) is 14.5 Å². The Morgan fingerprint density at radius 3 is 2.73 bits per heavy atom. The lowest BCUT2D eigenvalue weighted by atomic mass is 10.2. The summed E-state index contributed by atoms with van der Waals surface area (Å²) in [6.07, 6.45) is 1.93. The Morgan fingerprint density at radius 1 is 1.32 bits per heavy atom. The number of esters is 1. The minimum atomic E-state index is -0.687. The fourth-order valence-electron chi connectivity index (χ4n) is 1.72. The van der Waals surface area contributed by atoms with Crippen LogP contribution in [-0.4, -0.2) is 34.8 Å². The Labute approximate surface area is 127 Å². The van der Waals surface area contributed by atoms with E-state index in [0.29, 0.717) is 6.61 Å². The number of nitrogens with one attached hydrogen (secondary N) is 1. The molecular weight excluding hydrogens is 286 g/mol. The lowest BCUT2D eigenvalue weighted by Crippen LogP contribution is -2.34. The highest BCUT2D eigenvalue weighted by atomic mass is 16.5. The van der Waals surface area contributed by atoms with E-state index in [0.717, 1.165) is 5.56 Å². The van der Waals surface area contributed by atoms with Crippen LogP contribution in [0.4, 0.5) is 0 Å². The summed E-state index contributed by atoms with van der Waals surface area (Å²) >= 11 is 0. The summed E-state index contributed by atoms with van der Waals surface area (Å²) in [6, 6.07) is 9.54. The number of carbonyl (C=O) groups excluding carboxylic acids is 2. The van der Waals surface area contributed by atoms with Crippen molar-refractivity contribution in [1.29, 1.82) is 0 Å². The molecular formula is C15H17N3O4. The summed E-state index contributed by atoms with van der Waals surface area (Å²) in [5.41, 5.74) is 3.63. The lowest BCUT2D eigenvalue weighted by molar-refractivity contribution is -0.128. The van der Waals surface area contributed by atoms with Crippen molar-refractivity contribution in [3.8, 4) is 0 Å². The van der Waals surface area contributed by atoms with Crippen LogP contribution in [0.25, 0.3) is 0 Å². The van der Waals surface area contributed by atoms with Crippen LogP contribution in [0.1, 0.15) is 23.0 Å². The number of hydrogen-bond donors (Lipinski definition) is 1. The summed E-state index contributed by atoms with van der Waals surface area (Å²) in [5.74, 6) is -0.977. The van der Waals surface area contributed by atoms with Crippen LogP contribution >= 0.6 is 0 Å². The number of ether oxygens (including phenoxy) is 2. The molecule has 1 aromatic carbocycles. The Morgan fingerprint density at radius 2 is 2.05 bits per heavy atom. The van der Waals surface area contributed by atoms with E-state index in [1.54, 1.807) is 6.92 Å². The highest BCUT2D eigenvalue weighted by Crippen LogP contribution is 2.05. The first-order valence-electron chi connectivity index (χ1n) is 6.69. The number of amides is 1. The van der Waals surface area contributed by atoms with Crippen LogP contribution in [0.2, 0.25) is 0 Å². The van der Waals surface area contributed by atoms with Crippen molar-refractivity contribution in [2.75, 3.05) is 12.5 Å². The van der Waals surface area contributed by atoms with Crippen LogP contribution in [-0.2, 0) is 20.9 Å². The smallest absolute Gasteiger partial charge is 0.358 e. The monoisotopic (exact) mass is 303 g/mol. The molecule has 1 atom stereocenters. The third kappa shape index (κ3) is 3.92. The third-order valence-corrected chi connectivity index (χ3v) is 2.98. The highest BCUT2D eigenvalue weighted by Gasteiger charge is 2.18. The van der Waals surface area contributed by atoms with E-state index in [9.17, 15) is 9.59 Å². The number of rotatable bonds is 6. The maximum Gasteiger partial charge on any atom is 0.358 e. The molecule has 2 aromatic rings. The molecule has 0 saturated carbocycles. The summed E-state index contributed by atoms with van der Waals surface area (Å²) < 4.78 is 11.3. The van der Waals surface area contributed by atoms with Crippen molar-refractivity contribution < 1.29 is 19.1 Å². The molecule has 0 fully saturated rings. The minimum Gasteiger partial charge on any atom is -0.464 e. The van der Waals surface area contributed by atoms with Crippen LogP contribution < -0.4 is 5.43 Å². The molecule has 0 saturated heterocycles. The van der Waals surface area contributed by atoms with Crippen LogP contribution in [0, 0.1) is 0 Å². The van der Waals surface area contributed by atoms with Crippen LogP contribution in [0.5, 0.6) is 0 Å². The average molecular weight is 303 g/mol. The highest BCUT2D eigenvalue weighted by molar-refractivity contribution is 5.91. The van der Waals surface area contributed by atoms with E-state index in [4.69, 9.17) is 4.74 Å². The van der Waals surface area contributed by atoms with Crippen LogP contribution in [0.15, 0.2) is 42.9 Å². The molecule has 1 unspecified atom stereocenters. The Kier molecular flexibility index (Phi) is 5.26. The molecule has 0 aliphatic carbocycles. The van der Waals surface area contributed by atoms with E-state index >= 15 is 0 Å². The largest absolute Gasteiger partial charge is 0.464 e. The molecule has 0 radical (unpaired) electrons. The number of carbonyl (C=O) groups is 2. The molecule has 22 heavy (non-hydrogen) atoms. The van der Waals surface area contributed by atoms with Gasteiger partial charge in [-0.05, 0) is 12.5 Å². The number of benzene rings is 1.